The Kier molecular flexibility index (Phi) is 8.65. The van der Waals surface area contributed by atoms with Crippen LogP contribution in [0.5, 0.6) is 0 Å². The molecule has 1 N–H and O–H groups in total. The topological polar surface area (TPSA) is 46.2 Å². The van der Waals surface area contributed by atoms with Gasteiger partial charge in [-0.1, -0.05) is 66.7 Å². The zero-order valence-electron chi connectivity index (χ0n) is 14.9. The molecule has 3 nitrogen and oxygen atoms in total. The molecule has 0 bridgehead atoms. The van der Waals surface area contributed by atoms with Crippen LogP contribution < -0.4 is 10.0 Å². The molecule has 4 aromatic carbocycles. The van der Waals surface area contributed by atoms with Gasteiger partial charge in [-0.3, -0.25) is 4.72 Å². The first kappa shape index (κ1) is 24.4. The minimum atomic E-state index is -3.40. The van der Waals surface area contributed by atoms with Crippen molar-refractivity contribution in [3.05, 3.63) is 72.8 Å². The van der Waals surface area contributed by atoms with Gasteiger partial charge in [-0.25, -0.2) is 8.42 Å². The van der Waals surface area contributed by atoms with E-state index in [0.717, 1.165) is 38.0 Å². The predicted octanol–water partition coefficient (Wildman–Crippen LogP) is 4.53. The van der Waals surface area contributed by atoms with Crippen LogP contribution in [0.25, 0.3) is 32.7 Å². The van der Waals surface area contributed by atoms with E-state index in [1.807, 2.05) is 54.6 Å². The van der Waals surface area contributed by atoms with Crippen molar-refractivity contribution in [3.8, 4) is 11.1 Å². The predicted molar refractivity (Wildman–Crippen MR) is 115 cm³/mol. The molecular formula is C21H18Ar2NO2PS. The van der Waals surface area contributed by atoms with Gasteiger partial charge in [0, 0.05) is 81.0 Å². The average Bonchev–Trinajstić information content (AvgIpc) is 2.61. The molecule has 0 saturated carbocycles. The van der Waals surface area contributed by atoms with Crippen molar-refractivity contribution >= 4 is 51.8 Å². The normalized spacial score (nSPS) is 10.9. The van der Waals surface area contributed by atoms with Crippen LogP contribution in [0.3, 0.4) is 0 Å². The molecular weight excluding hydrogens is 441 g/mol. The maximum atomic E-state index is 12.0. The zero-order chi connectivity index (χ0) is 18.3. The van der Waals surface area contributed by atoms with Crippen molar-refractivity contribution in [1.29, 1.82) is 0 Å². The fourth-order valence-corrected chi connectivity index (χ4v) is 4.36. The minimum Gasteiger partial charge on any atom is -0.283 e. The van der Waals surface area contributed by atoms with Crippen molar-refractivity contribution in [2.75, 3.05) is 11.0 Å². The Balaban J connectivity index is 0.00000140. The summed E-state index contributed by atoms with van der Waals surface area (Å²) in [7, 11) is -0.619. The molecule has 4 rings (SSSR count). The molecule has 28 heavy (non-hydrogen) atoms. The molecule has 0 heterocycles. The zero-order valence-corrected chi connectivity index (χ0v) is 18.3. The molecule has 0 aliphatic carbocycles. The molecule has 1 atom stereocenters. The third-order valence-corrected chi connectivity index (χ3v) is 5.51. The molecule has 0 spiro atoms. The maximum absolute atomic E-state index is 12.0. The van der Waals surface area contributed by atoms with Gasteiger partial charge in [0.15, 0.2) is 0 Å². The number of hydrogen-bond acceptors (Lipinski definition) is 2. The smallest absolute Gasteiger partial charge is 0.229 e. The first-order chi connectivity index (χ1) is 12.4. The summed E-state index contributed by atoms with van der Waals surface area (Å²) < 4.78 is 26.6. The van der Waals surface area contributed by atoms with Gasteiger partial charge in [0.25, 0.3) is 0 Å². The van der Waals surface area contributed by atoms with Gasteiger partial charge in [0.05, 0.1) is 11.9 Å². The Morgan fingerprint density at radius 1 is 0.714 bits per heavy atom. The van der Waals surface area contributed by atoms with E-state index in [1.54, 1.807) is 0 Å². The molecule has 0 fully saturated rings. The van der Waals surface area contributed by atoms with Crippen molar-refractivity contribution < 1.29 is 83.9 Å². The fourth-order valence-electron chi connectivity index (χ4n) is 3.39. The van der Waals surface area contributed by atoms with Crippen molar-refractivity contribution in [2.45, 2.75) is 0 Å². The van der Waals surface area contributed by atoms with Crippen LogP contribution in [0, 0.1) is 75.5 Å². The van der Waals surface area contributed by atoms with Crippen LogP contribution in [0.15, 0.2) is 72.8 Å². The van der Waals surface area contributed by atoms with Crippen LogP contribution in [-0.2, 0) is 10.0 Å². The second-order valence-electron chi connectivity index (χ2n) is 6.33. The van der Waals surface area contributed by atoms with Gasteiger partial charge >= 0.3 is 0 Å². The van der Waals surface area contributed by atoms with Gasteiger partial charge in [-0.05, 0) is 38.5 Å². The van der Waals surface area contributed by atoms with Gasteiger partial charge in [-0.2, -0.15) is 0 Å². The number of nitrogens with one attached hydrogen (secondary N) is 1. The minimum absolute atomic E-state index is 0. The van der Waals surface area contributed by atoms with Gasteiger partial charge in [0.2, 0.25) is 10.0 Å². The summed E-state index contributed by atoms with van der Waals surface area (Å²) in [5.74, 6) is 0. The van der Waals surface area contributed by atoms with E-state index in [-0.39, 0.29) is 75.5 Å². The second kappa shape index (κ2) is 9.94. The molecule has 0 aliphatic rings. The van der Waals surface area contributed by atoms with Crippen molar-refractivity contribution in [1.82, 2.24) is 0 Å². The third kappa shape index (κ3) is 5.04. The number of sulfonamides is 1. The maximum Gasteiger partial charge on any atom is 0.229 e. The quantitative estimate of drug-likeness (QED) is 0.458. The molecule has 4 aromatic rings. The van der Waals surface area contributed by atoms with E-state index < -0.39 is 10.0 Å². The Bertz CT molecular complexity index is 1260. The van der Waals surface area contributed by atoms with E-state index in [0.29, 0.717) is 5.69 Å². The summed E-state index contributed by atoms with van der Waals surface area (Å²) in [5, 5.41) is 5.32. The fraction of sp³-hybridized carbons (Fsp3) is 0.0476. The molecule has 0 saturated heterocycles. The summed E-state index contributed by atoms with van der Waals surface area (Å²) in [6.07, 6.45) is 1.18. The Morgan fingerprint density at radius 3 is 1.79 bits per heavy atom. The SMILES string of the molecule is CS(=O)(=O)Nc1ccc2ccccc2c1-c1c(P)ccc2ccccc12.[Ar].[Ar]. The van der Waals surface area contributed by atoms with Gasteiger partial charge in [0.1, 0.15) is 0 Å². The Morgan fingerprint density at radius 2 is 1.21 bits per heavy atom. The van der Waals surface area contributed by atoms with E-state index in [4.69, 9.17) is 0 Å². The van der Waals surface area contributed by atoms with E-state index in [2.05, 4.69) is 32.2 Å². The largest absolute Gasteiger partial charge is 0.283 e. The van der Waals surface area contributed by atoms with Crippen molar-refractivity contribution in [2.24, 2.45) is 0 Å². The van der Waals surface area contributed by atoms with Crippen LogP contribution in [0.4, 0.5) is 5.69 Å². The van der Waals surface area contributed by atoms with Crippen molar-refractivity contribution in [3.63, 3.8) is 0 Å². The number of rotatable bonds is 3. The number of fused-ring (bicyclic) bond motifs is 2. The summed E-state index contributed by atoms with van der Waals surface area (Å²) >= 11 is 0. The third-order valence-electron chi connectivity index (χ3n) is 4.44. The number of hydrogen-bond donors (Lipinski definition) is 1. The summed E-state index contributed by atoms with van der Waals surface area (Å²) in [5.41, 5.74) is 2.51. The molecule has 146 valence electrons. The van der Waals surface area contributed by atoms with E-state index in [1.165, 1.54) is 6.26 Å². The van der Waals surface area contributed by atoms with Crippen LogP contribution in [-0.4, -0.2) is 14.7 Å². The van der Waals surface area contributed by atoms with Gasteiger partial charge in [-0.15, -0.1) is 9.24 Å². The first-order valence-electron chi connectivity index (χ1n) is 8.21. The Labute approximate surface area is 227 Å². The molecule has 0 aliphatic heterocycles. The molecule has 0 amide bonds. The molecule has 0 aromatic heterocycles. The Hall–Kier alpha value is 0.0995. The van der Waals surface area contributed by atoms with Gasteiger partial charge < -0.3 is 0 Å². The summed E-state index contributed by atoms with van der Waals surface area (Å²) in [6.45, 7) is 0. The molecule has 1 unspecified atom stereocenters. The van der Waals surface area contributed by atoms with E-state index in [9.17, 15) is 8.42 Å². The summed E-state index contributed by atoms with van der Waals surface area (Å²) in [6, 6.07) is 24.1. The van der Waals surface area contributed by atoms with Crippen LogP contribution >= 0.6 is 9.24 Å². The number of anilines is 1. The number of benzene rings is 4. The monoisotopic (exact) mass is 459 g/mol. The first-order valence-corrected chi connectivity index (χ1v) is 10.7. The summed E-state index contributed by atoms with van der Waals surface area (Å²) in [4.78, 5) is 0. The standard InChI is InChI=1S/C21H18NO2PS.2Ar/c1-26(23,24)22-18-12-10-14-6-2-4-8-16(14)20(18)21-17-9-5-3-7-15(17)11-13-19(21)25;;/h2-13,22H,25H2,1H3;;. The van der Waals surface area contributed by atoms with E-state index >= 15 is 0 Å². The molecule has 7 heteroatoms. The average molecular weight is 459 g/mol. The van der Waals surface area contributed by atoms with Crippen LogP contribution in [0.1, 0.15) is 0 Å². The molecule has 0 radical (unpaired) electrons. The second-order valence-corrected chi connectivity index (χ2v) is 8.70. The van der Waals surface area contributed by atoms with Crippen LogP contribution in [0.2, 0.25) is 0 Å².